The van der Waals surface area contributed by atoms with Crippen LogP contribution in [0.2, 0.25) is 0 Å². The summed E-state index contributed by atoms with van der Waals surface area (Å²) >= 11 is 3.66. The number of halogens is 1. The molecule has 3 heterocycles. The summed E-state index contributed by atoms with van der Waals surface area (Å²) in [6.07, 6.45) is 7.74. The molecule has 2 fully saturated rings. The summed E-state index contributed by atoms with van der Waals surface area (Å²) in [5.41, 5.74) is 4.73. The molecular formula is C44H54BrN3O2S2. The van der Waals surface area contributed by atoms with E-state index in [9.17, 15) is 5.11 Å². The lowest BCUT2D eigenvalue weighted by Crippen LogP contribution is -2.46. The topological polar surface area (TPSA) is 48.8 Å². The monoisotopic (exact) mass is 799 g/mol. The molecular weight excluding hydrogens is 747 g/mol. The van der Waals surface area contributed by atoms with Crippen LogP contribution in [0, 0.1) is 0 Å². The Kier molecular flexibility index (Phi) is 14.7. The summed E-state index contributed by atoms with van der Waals surface area (Å²) in [7, 11) is 1.70. The molecule has 2 aliphatic heterocycles. The van der Waals surface area contributed by atoms with Gasteiger partial charge in [0.15, 0.2) is 0 Å². The zero-order chi connectivity index (χ0) is 34.3. The molecule has 4 aromatic carbocycles. The molecule has 4 atom stereocenters. The number of rotatable bonds is 16. The van der Waals surface area contributed by atoms with Gasteiger partial charge in [-0.15, -0.1) is 0 Å². The molecule has 1 N–H and O–H groups in total. The van der Waals surface area contributed by atoms with Crippen LogP contribution < -0.4 is 4.74 Å². The van der Waals surface area contributed by atoms with Crippen molar-refractivity contribution in [3.05, 3.63) is 142 Å². The van der Waals surface area contributed by atoms with Gasteiger partial charge < -0.3 is 9.84 Å². The van der Waals surface area contributed by atoms with Crippen molar-refractivity contribution in [3.63, 3.8) is 0 Å². The minimum atomic E-state index is -0.969. The molecule has 0 amide bonds. The fourth-order valence-corrected chi connectivity index (χ4v) is 9.00. The molecule has 0 saturated carbocycles. The van der Waals surface area contributed by atoms with E-state index in [4.69, 9.17) is 9.72 Å². The first-order chi connectivity index (χ1) is 24.5. The molecule has 0 radical (unpaired) electrons. The van der Waals surface area contributed by atoms with Crippen LogP contribution >= 0.6 is 42.9 Å². The number of hydrogen-bond acceptors (Lipinski definition) is 5. The van der Waals surface area contributed by atoms with Gasteiger partial charge in [-0.25, -0.2) is 4.98 Å². The predicted molar refractivity (Wildman–Crippen MR) is 228 cm³/mol. The average Bonchev–Trinajstić information content (AvgIpc) is 3.73. The number of methoxy groups -OCH3 is 1. The van der Waals surface area contributed by atoms with E-state index in [2.05, 4.69) is 129 Å². The minimum Gasteiger partial charge on any atom is -0.481 e. The van der Waals surface area contributed by atoms with Crippen LogP contribution in [0.4, 0.5) is 0 Å². The summed E-state index contributed by atoms with van der Waals surface area (Å²) in [5.74, 6) is 0.310. The molecule has 0 aliphatic carbocycles. The van der Waals surface area contributed by atoms with Crippen molar-refractivity contribution in [3.8, 4) is 5.88 Å². The van der Waals surface area contributed by atoms with Crippen molar-refractivity contribution in [2.75, 3.05) is 26.7 Å². The van der Waals surface area contributed by atoms with E-state index in [0.717, 1.165) is 91.2 Å². The number of ether oxygens (including phenoxy) is 1. The Bertz CT molecular complexity index is 1830. The molecule has 5 nitrogen and oxygen atoms in total. The molecule has 5 aromatic rings. The Labute approximate surface area is 332 Å². The van der Waals surface area contributed by atoms with Gasteiger partial charge in [0, 0.05) is 53.1 Å². The Morgan fingerprint density at radius 1 is 0.769 bits per heavy atom. The third-order valence-electron chi connectivity index (χ3n) is 11.1. The van der Waals surface area contributed by atoms with Gasteiger partial charge in [-0.1, -0.05) is 113 Å². The third kappa shape index (κ3) is 9.62. The maximum absolute atomic E-state index is 13.1. The Morgan fingerprint density at radius 3 is 2.04 bits per heavy atom. The summed E-state index contributed by atoms with van der Waals surface area (Å²) in [6.45, 7) is 4.46. The normalized spacial score (nSPS) is 18.8. The average molecular weight is 801 g/mol. The van der Waals surface area contributed by atoms with E-state index < -0.39 is 5.60 Å². The van der Waals surface area contributed by atoms with E-state index in [-0.39, 0.29) is 32.9 Å². The smallest absolute Gasteiger partial charge is 0.217 e. The zero-order valence-electron chi connectivity index (χ0n) is 30.3. The fourth-order valence-electron chi connectivity index (χ4n) is 8.62. The summed E-state index contributed by atoms with van der Waals surface area (Å²) in [5, 5.41) is 14.1. The van der Waals surface area contributed by atoms with Gasteiger partial charge in [-0.05, 0) is 92.4 Å². The number of pyridine rings is 1. The summed E-state index contributed by atoms with van der Waals surface area (Å²) in [4.78, 5) is 10.4. The van der Waals surface area contributed by atoms with Gasteiger partial charge in [0.1, 0.15) is 0 Å². The van der Waals surface area contributed by atoms with Gasteiger partial charge in [-0.2, -0.15) is 27.0 Å². The Hall–Kier alpha value is -2.85. The van der Waals surface area contributed by atoms with Crippen molar-refractivity contribution in [2.45, 2.75) is 81.5 Å². The maximum Gasteiger partial charge on any atom is 0.217 e. The third-order valence-corrected chi connectivity index (χ3v) is 11.6. The molecule has 0 spiro atoms. The molecule has 4 unspecified atom stereocenters. The van der Waals surface area contributed by atoms with Gasteiger partial charge >= 0.3 is 0 Å². The molecule has 8 heteroatoms. The molecule has 2 aliphatic rings. The van der Waals surface area contributed by atoms with E-state index >= 15 is 0 Å². The fraction of sp³-hybridized carbons (Fsp3) is 0.386. The largest absolute Gasteiger partial charge is 0.481 e. The number of unbranched alkanes of at least 4 members (excludes halogenated alkanes) is 2. The standard InChI is InChI=1S/C44H50BrN3O2.2H2S/c1-50-43-40(28-36-27-37(45)22-23-41(36)46-43)42(35-20-9-4-10-21-35)44(49,24-12-11-17-33-15-5-2-6-16-33)25-13-14-26-47-31-39-29-38(47)32-48(39)30-34-18-7-3-8-19-34;;/h2-10,15-16,18-23,27-28,38-39,42,49H,11-14,17,24-26,29-32H2,1H3;2*1H2. The van der Waals surface area contributed by atoms with Gasteiger partial charge in [0.25, 0.3) is 0 Å². The first-order valence-electron chi connectivity index (χ1n) is 18.5. The molecule has 7 rings (SSSR count). The Balaban J connectivity index is 0.00000261. The van der Waals surface area contributed by atoms with Crippen LogP contribution in [0.5, 0.6) is 5.88 Å². The van der Waals surface area contributed by atoms with Crippen LogP contribution in [0.1, 0.15) is 73.1 Å². The summed E-state index contributed by atoms with van der Waals surface area (Å²) < 4.78 is 7.00. The number of nitrogens with zero attached hydrogens (tertiary/aromatic N) is 3. The van der Waals surface area contributed by atoms with Crippen molar-refractivity contribution in [1.82, 2.24) is 14.8 Å². The zero-order valence-corrected chi connectivity index (χ0v) is 33.8. The van der Waals surface area contributed by atoms with E-state index in [1.165, 1.54) is 17.5 Å². The second kappa shape index (κ2) is 19.0. The number of aromatic nitrogens is 1. The van der Waals surface area contributed by atoms with E-state index in [1.54, 1.807) is 7.11 Å². The highest BCUT2D eigenvalue weighted by atomic mass is 79.9. The van der Waals surface area contributed by atoms with Crippen LogP contribution in [-0.2, 0) is 13.0 Å². The maximum atomic E-state index is 13.1. The molecule has 52 heavy (non-hydrogen) atoms. The van der Waals surface area contributed by atoms with Crippen molar-refractivity contribution < 1.29 is 9.84 Å². The van der Waals surface area contributed by atoms with Crippen LogP contribution in [0.3, 0.4) is 0 Å². The highest BCUT2D eigenvalue weighted by Crippen LogP contribution is 2.45. The second-order valence-electron chi connectivity index (χ2n) is 14.5. The van der Waals surface area contributed by atoms with E-state index in [0.29, 0.717) is 24.4 Å². The molecule has 2 saturated heterocycles. The molecule has 1 aromatic heterocycles. The number of aryl methyl sites for hydroxylation is 1. The number of likely N-dealkylation sites (tertiary alicyclic amines) is 2. The van der Waals surface area contributed by atoms with Crippen LogP contribution in [0.25, 0.3) is 10.9 Å². The van der Waals surface area contributed by atoms with E-state index in [1.807, 2.05) is 12.1 Å². The van der Waals surface area contributed by atoms with Crippen LogP contribution in [0.15, 0.2) is 120 Å². The lowest BCUT2D eigenvalue weighted by atomic mass is 9.72. The molecule has 276 valence electrons. The number of aliphatic hydroxyl groups is 1. The van der Waals surface area contributed by atoms with Crippen molar-refractivity contribution in [1.29, 1.82) is 0 Å². The van der Waals surface area contributed by atoms with Crippen LogP contribution in [-0.4, -0.2) is 64.3 Å². The number of fused-ring (bicyclic) bond motifs is 3. The van der Waals surface area contributed by atoms with Gasteiger partial charge in [-0.3, -0.25) is 9.80 Å². The lowest BCUT2D eigenvalue weighted by molar-refractivity contribution is 0.000558. The minimum absolute atomic E-state index is 0. The number of hydrogen-bond donors (Lipinski definition) is 1. The first kappa shape index (κ1) is 40.3. The SMILES string of the molecule is COc1nc2ccc(Br)cc2cc1C(c1ccccc1)C(O)(CCCCc1ccccc1)CCCCN1CC2CC1CN2Cc1ccccc1.S.S. The lowest BCUT2D eigenvalue weighted by Gasteiger charge is -2.38. The summed E-state index contributed by atoms with van der Waals surface area (Å²) in [6, 6.07) is 41.8. The van der Waals surface area contributed by atoms with Gasteiger partial charge in [0.2, 0.25) is 5.88 Å². The first-order valence-corrected chi connectivity index (χ1v) is 19.3. The highest BCUT2D eigenvalue weighted by Gasteiger charge is 2.43. The van der Waals surface area contributed by atoms with Crippen molar-refractivity contribution >= 4 is 53.8 Å². The Morgan fingerprint density at radius 2 is 1.38 bits per heavy atom. The highest BCUT2D eigenvalue weighted by molar-refractivity contribution is 9.10. The van der Waals surface area contributed by atoms with Gasteiger partial charge in [0.05, 0.1) is 18.2 Å². The quantitative estimate of drug-likeness (QED) is 0.101. The second-order valence-corrected chi connectivity index (χ2v) is 15.4. The predicted octanol–water partition coefficient (Wildman–Crippen LogP) is 9.64. The van der Waals surface area contributed by atoms with Crippen molar-refractivity contribution in [2.24, 2.45) is 0 Å². The number of benzene rings is 4. The number of piperazine rings is 1. The molecule has 2 bridgehead atoms.